The Labute approximate surface area is 217 Å². The molecule has 0 saturated heterocycles. The van der Waals surface area contributed by atoms with E-state index >= 15 is 0 Å². The van der Waals surface area contributed by atoms with Gasteiger partial charge in [-0.1, -0.05) is 80.6 Å². The maximum Gasteiger partial charge on any atom is 0.259 e. The summed E-state index contributed by atoms with van der Waals surface area (Å²) in [4.78, 5) is 17.0. The number of methoxy groups -OCH3 is 2. The molecular weight excluding hydrogens is 466 g/mol. The summed E-state index contributed by atoms with van der Waals surface area (Å²) in [7, 11) is 3.21. The average Bonchev–Trinajstić information content (AvgIpc) is 2.91. The predicted molar refractivity (Wildman–Crippen MR) is 149 cm³/mol. The molecule has 0 N–H and O–H groups in total. The summed E-state index contributed by atoms with van der Waals surface area (Å²) >= 11 is 1.69. The van der Waals surface area contributed by atoms with Crippen LogP contribution in [0.5, 0.6) is 11.5 Å². The van der Waals surface area contributed by atoms with Gasteiger partial charge in [0, 0.05) is 21.9 Å². The van der Waals surface area contributed by atoms with E-state index in [1.165, 1.54) is 0 Å². The van der Waals surface area contributed by atoms with Gasteiger partial charge in [-0.05, 0) is 41.0 Å². The number of amides is 1. The summed E-state index contributed by atoms with van der Waals surface area (Å²) in [6.45, 7) is 4.67. The number of hydrogen-bond donors (Lipinski definition) is 0. The van der Waals surface area contributed by atoms with E-state index in [1.807, 2.05) is 77.7 Å². The van der Waals surface area contributed by atoms with Gasteiger partial charge in [-0.3, -0.25) is 4.79 Å². The molecule has 0 saturated carbocycles. The number of benzene rings is 4. The van der Waals surface area contributed by atoms with Crippen molar-refractivity contribution in [3.05, 3.63) is 108 Å². The van der Waals surface area contributed by atoms with E-state index in [-0.39, 0.29) is 5.91 Å². The normalized spacial score (nSPS) is 10.8. The zero-order valence-electron chi connectivity index (χ0n) is 21.1. The summed E-state index contributed by atoms with van der Waals surface area (Å²) in [6.07, 6.45) is 0. The Morgan fingerprint density at radius 2 is 1.47 bits per heavy atom. The van der Waals surface area contributed by atoms with E-state index < -0.39 is 0 Å². The molecule has 0 aliphatic heterocycles. The van der Waals surface area contributed by atoms with Crippen LogP contribution < -0.4 is 14.4 Å². The molecule has 0 aliphatic rings. The number of nitrogens with zero attached hydrogens (tertiary/aromatic N) is 1. The molecule has 0 spiro atoms. The second kappa shape index (κ2) is 11.8. The van der Waals surface area contributed by atoms with Gasteiger partial charge in [0.05, 0.1) is 26.3 Å². The van der Waals surface area contributed by atoms with Crippen LogP contribution in [0.3, 0.4) is 0 Å². The highest BCUT2D eigenvalue weighted by Crippen LogP contribution is 2.35. The van der Waals surface area contributed by atoms with E-state index in [2.05, 4.69) is 38.1 Å². The number of anilines is 1. The van der Waals surface area contributed by atoms with Gasteiger partial charge < -0.3 is 14.4 Å². The van der Waals surface area contributed by atoms with E-state index in [9.17, 15) is 4.79 Å². The van der Waals surface area contributed by atoms with Crippen molar-refractivity contribution in [1.29, 1.82) is 0 Å². The first-order chi connectivity index (χ1) is 17.5. The number of rotatable bonds is 9. The van der Waals surface area contributed by atoms with Crippen LogP contribution >= 0.6 is 11.8 Å². The highest BCUT2D eigenvalue weighted by Gasteiger charge is 2.23. The first kappa shape index (κ1) is 25.4. The summed E-state index contributed by atoms with van der Waals surface area (Å²) in [5.74, 6) is 1.14. The monoisotopic (exact) mass is 497 g/mol. The highest BCUT2D eigenvalue weighted by atomic mass is 32.2. The standard InChI is InChI=1S/C31H31NO3S/c1-22(2)36-30-17-11-10-16-27(30)31(33)32(25-18-19-28(34-3)29(20-25)35-4)21-24-14-8-9-15-26(24)23-12-6-5-7-13-23/h5-20,22H,21H2,1-4H3. The number of carbonyl (C=O) groups excluding carboxylic acids is 1. The second-order valence-electron chi connectivity index (χ2n) is 8.62. The number of thioether (sulfide) groups is 1. The quantitative estimate of drug-likeness (QED) is 0.222. The molecule has 4 nitrogen and oxygen atoms in total. The van der Waals surface area contributed by atoms with Gasteiger partial charge in [0.25, 0.3) is 5.91 Å². The van der Waals surface area contributed by atoms with Crippen LogP contribution in [0.15, 0.2) is 102 Å². The van der Waals surface area contributed by atoms with Gasteiger partial charge in [0.1, 0.15) is 0 Å². The van der Waals surface area contributed by atoms with Crippen molar-refractivity contribution in [2.45, 2.75) is 30.5 Å². The minimum atomic E-state index is -0.0613. The second-order valence-corrected chi connectivity index (χ2v) is 10.2. The zero-order chi connectivity index (χ0) is 25.5. The summed E-state index contributed by atoms with van der Waals surface area (Å²) < 4.78 is 11.0. The smallest absolute Gasteiger partial charge is 0.259 e. The van der Waals surface area contributed by atoms with Gasteiger partial charge >= 0.3 is 0 Å². The zero-order valence-corrected chi connectivity index (χ0v) is 21.9. The molecule has 0 bridgehead atoms. The van der Waals surface area contributed by atoms with Crippen molar-refractivity contribution >= 4 is 23.4 Å². The Morgan fingerprint density at radius 1 is 0.806 bits per heavy atom. The van der Waals surface area contributed by atoms with Gasteiger partial charge in [-0.2, -0.15) is 0 Å². The molecule has 1 amide bonds. The summed E-state index contributed by atoms with van der Waals surface area (Å²) in [6, 6.07) is 31.9. The molecule has 0 aromatic heterocycles. The maximum absolute atomic E-state index is 14.2. The van der Waals surface area contributed by atoms with Crippen molar-refractivity contribution in [3.63, 3.8) is 0 Å². The van der Waals surface area contributed by atoms with Crippen LogP contribution in [0, 0.1) is 0 Å². The molecule has 0 aliphatic carbocycles. The lowest BCUT2D eigenvalue weighted by atomic mass is 9.99. The van der Waals surface area contributed by atoms with Crippen LogP contribution in [0.4, 0.5) is 5.69 Å². The molecule has 0 atom stereocenters. The lowest BCUT2D eigenvalue weighted by Crippen LogP contribution is -2.31. The van der Waals surface area contributed by atoms with Crippen LogP contribution in [0.1, 0.15) is 29.8 Å². The molecular formula is C31H31NO3S. The highest BCUT2D eigenvalue weighted by molar-refractivity contribution is 8.00. The first-order valence-corrected chi connectivity index (χ1v) is 12.8. The maximum atomic E-state index is 14.2. The lowest BCUT2D eigenvalue weighted by molar-refractivity contribution is 0.0982. The minimum absolute atomic E-state index is 0.0613. The van der Waals surface area contributed by atoms with E-state index in [1.54, 1.807) is 26.0 Å². The summed E-state index contributed by atoms with van der Waals surface area (Å²) in [5, 5.41) is 0.354. The fourth-order valence-electron chi connectivity index (χ4n) is 4.15. The SMILES string of the molecule is COc1ccc(N(Cc2ccccc2-c2ccccc2)C(=O)c2ccccc2SC(C)C)cc1OC. The Kier molecular flexibility index (Phi) is 8.34. The molecule has 0 fully saturated rings. The third-order valence-electron chi connectivity index (χ3n) is 5.83. The molecule has 0 heterocycles. The van der Waals surface area contributed by atoms with Crippen LogP contribution in [-0.2, 0) is 6.54 Å². The van der Waals surface area contributed by atoms with Gasteiger partial charge in [-0.25, -0.2) is 0 Å². The molecule has 184 valence electrons. The fourth-order valence-corrected chi connectivity index (χ4v) is 5.09. The van der Waals surface area contributed by atoms with E-state index in [4.69, 9.17) is 9.47 Å². The summed E-state index contributed by atoms with van der Waals surface area (Å²) in [5.41, 5.74) is 4.69. The number of carbonyl (C=O) groups is 1. The molecule has 36 heavy (non-hydrogen) atoms. The molecule has 5 heteroatoms. The van der Waals surface area contributed by atoms with Gasteiger partial charge in [0.2, 0.25) is 0 Å². The van der Waals surface area contributed by atoms with E-state index in [0.717, 1.165) is 27.3 Å². The largest absolute Gasteiger partial charge is 0.493 e. The molecule has 4 rings (SSSR count). The average molecular weight is 498 g/mol. The van der Waals surface area contributed by atoms with Crippen LogP contribution in [-0.4, -0.2) is 25.4 Å². The van der Waals surface area contributed by atoms with Crippen molar-refractivity contribution in [3.8, 4) is 22.6 Å². The topological polar surface area (TPSA) is 38.8 Å². The molecule has 4 aromatic carbocycles. The van der Waals surface area contributed by atoms with Crippen molar-refractivity contribution in [2.24, 2.45) is 0 Å². The fraction of sp³-hybridized carbons (Fsp3) is 0.194. The predicted octanol–water partition coefficient (Wildman–Crippen LogP) is 7.72. The Balaban J connectivity index is 1.82. The number of ether oxygens (including phenoxy) is 2. The Morgan fingerprint density at radius 3 is 2.19 bits per heavy atom. The Bertz CT molecular complexity index is 1320. The van der Waals surface area contributed by atoms with Gasteiger partial charge in [0.15, 0.2) is 11.5 Å². The lowest BCUT2D eigenvalue weighted by Gasteiger charge is -2.26. The first-order valence-electron chi connectivity index (χ1n) is 11.9. The molecule has 0 radical (unpaired) electrons. The molecule has 4 aromatic rings. The Hall–Kier alpha value is -3.70. The van der Waals surface area contributed by atoms with Gasteiger partial charge in [-0.15, -0.1) is 11.8 Å². The molecule has 0 unspecified atom stereocenters. The van der Waals surface area contributed by atoms with Crippen LogP contribution in [0.2, 0.25) is 0 Å². The van der Waals surface area contributed by atoms with Crippen molar-refractivity contribution in [2.75, 3.05) is 19.1 Å². The minimum Gasteiger partial charge on any atom is -0.493 e. The third kappa shape index (κ3) is 5.74. The van der Waals surface area contributed by atoms with Crippen molar-refractivity contribution in [1.82, 2.24) is 0 Å². The van der Waals surface area contributed by atoms with Crippen LogP contribution in [0.25, 0.3) is 11.1 Å². The van der Waals surface area contributed by atoms with Crippen molar-refractivity contribution < 1.29 is 14.3 Å². The van der Waals surface area contributed by atoms with E-state index in [0.29, 0.717) is 28.9 Å². The number of hydrogen-bond acceptors (Lipinski definition) is 4. The third-order valence-corrected chi connectivity index (χ3v) is 6.92.